The highest BCUT2D eigenvalue weighted by Gasteiger charge is 2.35. The molecule has 9 nitrogen and oxygen atoms in total. The molecule has 0 aromatic heterocycles. The standard InChI is InChI=1S/C17H27N3O6S/c18-11-7-14(27-6-4-10(22)9-21)13(23)8-12(11)19-15(24)3-5-20-16(25)1-2-17(20)26/h1-2,10-14,21-23H,3-9,18H2,(H,19,24). The Labute approximate surface area is 162 Å². The van der Waals surface area contributed by atoms with Gasteiger partial charge in [-0.05, 0) is 25.0 Å². The summed E-state index contributed by atoms with van der Waals surface area (Å²) in [5.41, 5.74) is 6.14. The van der Waals surface area contributed by atoms with Crippen molar-refractivity contribution >= 4 is 29.5 Å². The molecule has 0 aromatic carbocycles. The van der Waals surface area contributed by atoms with Crippen molar-refractivity contribution in [1.29, 1.82) is 0 Å². The summed E-state index contributed by atoms with van der Waals surface area (Å²) in [6.07, 6.45) is 2.18. The molecule has 0 aromatic rings. The molecule has 2 rings (SSSR count). The van der Waals surface area contributed by atoms with Gasteiger partial charge < -0.3 is 26.4 Å². The van der Waals surface area contributed by atoms with E-state index in [4.69, 9.17) is 10.8 Å². The topological polar surface area (TPSA) is 153 Å². The Morgan fingerprint density at radius 3 is 2.63 bits per heavy atom. The number of thioether (sulfide) groups is 1. The number of amides is 3. The van der Waals surface area contributed by atoms with Crippen LogP contribution >= 0.6 is 11.8 Å². The molecule has 5 atom stereocenters. The minimum Gasteiger partial charge on any atom is -0.394 e. The van der Waals surface area contributed by atoms with Crippen LogP contribution in [0.2, 0.25) is 0 Å². The SMILES string of the molecule is NC1CC(SCCC(O)CO)C(O)CC1NC(=O)CCN1C(=O)C=CC1=O. The van der Waals surface area contributed by atoms with E-state index in [-0.39, 0.29) is 42.8 Å². The number of aliphatic hydroxyl groups is 3. The summed E-state index contributed by atoms with van der Waals surface area (Å²) >= 11 is 1.50. The molecular weight excluding hydrogens is 374 g/mol. The fourth-order valence-corrected chi connectivity index (χ4v) is 4.51. The molecule has 152 valence electrons. The van der Waals surface area contributed by atoms with E-state index in [9.17, 15) is 24.6 Å². The fourth-order valence-electron chi connectivity index (χ4n) is 3.11. The third kappa shape index (κ3) is 6.28. The van der Waals surface area contributed by atoms with E-state index in [1.165, 1.54) is 23.9 Å². The first-order chi connectivity index (χ1) is 12.8. The Kier molecular flexibility index (Phi) is 8.24. The van der Waals surface area contributed by atoms with E-state index >= 15 is 0 Å². The zero-order valence-corrected chi connectivity index (χ0v) is 15.8. The predicted octanol–water partition coefficient (Wildman–Crippen LogP) is -1.89. The van der Waals surface area contributed by atoms with Crippen LogP contribution in [-0.4, -0.2) is 86.4 Å². The summed E-state index contributed by atoms with van der Waals surface area (Å²) in [5, 5.41) is 31.2. The molecule has 5 unspecified atom stereocenters. The third-order valence-corrected chi connectivity index (χ3v) is 6.16. The number of carbonyl (C=O) groups excluding carboxylic acids is 3. The lowest BCUT2D eigenvalue weighted by atomic mass is 9.88. The van der Waals surface area contributed by atoms with Gasteiger partial charge >= 0.3 is 0 Å². The molecule has 0 radical (unpaired) electrons. The van der Waals surface area contributed by atoms with Crippen LogP contribution in [0.15, 0.2) is 12.2 Å². The maximum atomic E-state index is 12.1. The Balaban J connectivity index is 1.73. The molecule has 0 spiro atoms. The Morgan fingerprint density at radius 2 is 2.00 bits per heavy atom. The van der Waals surface area contributed by atoms with E-state index in [1.54, 1.807) is 0 Å². The van der Waals surface area contributed by atoms with Crippen molar-refractivity contribution in [2.45, 2.75) is 55.2 Å². The average molecular weight is 401 g/mol. The van der Waals surface area contributed by atoms with Gasteiger partial charge in [-0.15, -0.1) is 0 Å². The van der Waals surface area contributed by atoms with Gasteiger partial charge in [-0.25, -0.2) is 0 Å². The monoisotopic (exact) mass is 401 g/mol. The Hall–Kier alpha value is -1.46. The van der Waals surface area contributed by atoms with Crippen LogP contribution in [0, 0.1) is 0 Å². The summed E-state index contributed by atoms with van der Waals surface area (Å²) in [7, 11) is 0. The smallest absolute Gasteiger partial charge is 0.253 e. The van der Waals surface area contributed by atoms with Crippen LogP contribution in [0.5, 0.6) is 0 Å². The van der Waals surface area contributed by atoms with E-state index in [2.05, 4.69) is 5.32 Å². The van der Waals surface area contributed by atoms with Crippen molar-refractivity contribution in [2.24, 2.45) is 5.73 Å². The fraction of sp³-hybridized carbons (Fsp3) is 0.706. The van der Waals surface area contributed by atoms with E-state index < -0.39 is 24.0 Å². The molecule has 10 heteroatoms. The highest BCUT2D eigenvalue weighted by atomic mass is 32.2. The van der Waals surface area contributed by atoms with Gasteiger partial charge in [-0.2, -0.15) is 11.8 Å². The van der Waals surface area contributed by atoms with Crippen molar-refractivity contribution in [1.82, 2.24) is 10.2 Å². The number of imide groups is 1. The first kappa shape index (κ1) is 21.8. The van der Waals surface area contributed by atoms with Gasteiger partial charge in [0.15, 0.2) is 0 Å². The summed E-state index contributed by atoms with van der Waals surface area (Å²) in [6.45, 7) is -0.279. The van der Waals surface area contributed by atoms with Crippen LogP contribution in [0.4, 0.5) is 0 Å². The van der Waals surface area contributed by atoms with Crippen LogP contribution in [0.1, 0.15) is 25.7 Å². The molecule has 27 heavy (non-hydrogen) atoms. The van der Waals surface area contributed by atoms with E-state index in [0.717, 1.165) is 4.90 Å². The van der Waals surface area contributed by atoms with Gasteiger partial charge in [0.1, 0.15) is 0 Å². The highest BCUT2D eigenvalue weighted by Crippen LogP contribution is 2.29. The molecule has 1 saturated carbocycles. The molecule has 2 aliphatic rings. The van der Waals surface area contributed by atoms with Crippen molar-refractivity contribution in [3.05, 3.63) is 12.2 Å². The maximum absolute atomic E-state index is 12.1. The predicted molar refractivity (Wildman–Crippen MR) is 99.6 cm³/mol. The zero-order valence-electron chi connectivity index (χ0n) is 15.0. The van der Waals surface area contributed by atoms with E-state index in [0.29, 0.717) is 25.0 Å². The van der Waals surface area contributed by atoms with Crippen LogP contribution in [0.3, 0.4) is 0 Å². The quantitative estimate of drug-likeness (QED) is 0.281. The second-order valence-electron chi connectivity index (χ2n) is 6.82. The Morgan fingerprint density at radius 1 is 1.33 bits per heavy atom. The number of aliphatic hydroxyl groups excluding tert-OH is 3. The van der Waals surface area contributed by atoms with Gasteiger partial charge in [0.05, 0.1) is 18.8 Å². The highest BCUT2D eigenvalue weighted by molar-refractivity contribution is 7.99. The van der Waals surface area contributed by atoms with Crippen molar-refractivity contribution < 1.29 is 29.7 Å². The average Bonchev–Trinajstić information content (AvgIpc) is 2.95. The van der Waals surface area contributed by atoms with Crippen LogP contribution in [0.25, 0.3) is 0 Å². The minimum atomic E-state index is -0.761. The molecule has 1 aliphatic heterocycles. The number of nitrogens with two attached hydrogens (primary N) is 1. The number of hydrogen-bond acceptors (Lipinski definition) is 8. The Bertz CT molecular complexity index is 569. The molecular formula is C17H27N3O6S. The van der Waals surface area contributed by atoms with E-state index in [1.807, 2.05) is 0 Å². The molecule has 6 N–H and O–H groups in total. The normalized spacial score (nSPS) is 29.3. The van der Waals surface area contributed by atoms with Gasteiger partial charge in [-0.1, -0.05) is 0 Å². The second-order valence-corrected chi connectivity index (χ2v) is 8.17. The summed E-state index contributed by atoms with van der Waals surface area (Å²) in [6, 6.07) is -0.704. The summed E-state index contributed by atoms with van der Waals surface area (Å²) in [4.78, 5) is 36.1. The number of hydrogen-bond donors (Lipinski definition) is 5. The lowest BCUT2D eigenvalue weighted by molar-refractivity contribution is -0.137. The molecule has 1 fully saturated rings. The van der Waals surface area contributed by atoms with Crippen LogP contribution in [-0.2, 0) is 14.4 Å². The number of nitrogens with one attached hydrogen (secondary N) is 1. The second kappa shape index (κ2) is 10.2. The summed E-state index contributed by atoms with van der Waals surface area (Å²) < 4.78 is 0. The molecule has 1 heterocycles. The third-order valence-electron chi connectivity index (χ3n) is 4.75. The molecule has 0 saturated heterocycles. The number of carbonyl (C=O) groups is 3. The van der Waals surface area contributed by atoms with Gasteiger partial charge in [0, 0.05) is 42.5 Å². The minimum absolute atomic E-state index is 0.00662. The van der Waals surface area contributed by atoms with Crippen LogP contribution < -0.4 is 11.1 Å². The molecule has 0 bridgehead atoms. The lowest BCUT2D eigenvalue weighted by Crippen LogP contribution is -2.56. The first-order valence-corrected chi connectivity index (χ1v) is 10.0. The largest absolute Gasteiger partial charge is 0.394 e. The van der Waals surface area contributed by atoms with Crippen molar-refractivity contribution in [2.75, 3.05) is 18.9 Å². The van der Waals surface area contributed by atoms with Crippen molar-refractivity contribution in [3.63, 3.8) is 0 Å². The summed E-state index contributed by atoms with van der Waals surface area (Å²) in [5.74, 6) is -0.584. The van der Waals surface area contributed by atoms with Gasteiger partial charge in [-0.3, -0.25) is 19.3 Å². The number of rotatable bonds is 9. The zero-order chi connectivity index (χ0) is 20.0. The van der Waals surface area contributed by atoms with Gasteiger partial charge in [0.25, 0.3) is 11.8 Å². The number of nitrogens with zero attached hydrogens (tertiary/aromatic N) is 1. The maximum Gasteiger partial charge on any atom is 0.253 e. The molecule has 1 aliphatic carbocycles. The first-order valence-electron chi connectivity index (χ1n) is 8.99. The lowest BCUT2D eigenvalue weighted by Gasteiger charge is -2.37. The molecule has 3 amide bonds. The van der Waals surface area contributed by atoms with Crippen molar-refractivity contribution in [3.8, 4) is 0 Å². The van der Waals surface area contributed by atoms with Gasteiger partial charge in [0.2, 0.25) is 5.91 Å².